The van der Waals surface area contributed by atoms with E-state index >= 15 is 0 Å². The minimum absolute atomic E-state index is 0.732. The van der Waals surface area contributed by atoms with E-state index in [2.05, 4.69) is 28.3 Å². The molecule has 0 atom stereocenters. The van der Waals surface area contributed by atoms with Gasteiger partial charge in [0.2, 0.25) is 5.95 Å². The van der Waals surface area contributed by atoms with Gasteiger partial charge in [0.1, 0.15) is 5.52 Å². The van der Waals surface area contributed by atoms with Gasteiger partial charge in [-0.05, 0) is 5.75 Å². The normalized spacial score (nSPS) is 19.0. The maximum absolute atomic E-state index is 5.51. The smallest absolute Gasteiger partial charge is 0.208 e. The summed E-state index contributed by atoms with van der Waals surface area (Å²) in [5.74, 6) is 2.86. The first-order valence-electron chi connectivity index (χ1n) is 8.80. The summed E-state index contributed by atoms with van der Waals surface area (Å²) in [7, 11) is 2.06. The van der Waals surface area contributed by atoms with E-state index in [1.54, 1.807) is 11.8 Å². The average molecular weight is 364 g/mol. The minimum Gasteiger partial charge on any atom is -0.378 e. The van der Waals surface area contributed by atoms with Crippen molar-refractivity contribution in [2.24, 2.45) is 7.05 Å². The highest BCUT2D eigenvalue weighted by molar-refractivity contribution is 7.99. The lowest BCUT2D eigenvalue weighted by molar-refractivity contribution is 0.121. The number of nitrogens with zero attached hydrogens (tertiary/aromatic N) is 6. The molecule has 0 aromatic carbocycles. The maximum Gasteiger partial charge on any atom is 0.208 e. The third-order valence-electron chi connectivity index (χ3n) is 4.55. The molecule has 0 saturated carbocycles. The number of aromatic nitrogens is 4. The molecule has 2 aliphatic rings. The van der Waals surface area contributed by atoms with Crippen LogP contribution >= 0.6 is 11.8 Å². The number of rotatable bonds is 4. The van der Waals surface area contributed by atoms with Crippen LogP contribution in [0.15, 0.2) is 5.16 Å². The average Bonchev–Trinajstić information content (AvgIpc) is 2.99. The Morgan fingerprint density at radius 2 is 1.56 bits per heavy atom. The molecule has 4 rings (SSSR count). The Balaban J connectivity index is 1.81. The molecule has 0 radical (unpaired) electrons. The molecule has 0 aliphatic carbocycles. The van der Waals surface area contributed by atoms with E-state index in [9.17, 15) is 0 Å². The molecular weight excluding hydrogens is 340 g/mol. The predicted octanol–water partition coefficient (Wildman–Crippen LogP) is 1.15. The molecule has 25 heavy (non-hydrogen) atoms. The van der Waals surface area contributed by atoms with E-state index in [0.717, 1.165) is 86.4 Å². The fourth-order valence-corrected chi connectivity index (χ4v) is 3.86. The molecular formula is C16H24N6O2S. The first-order chi connectivity index (χ1) is 12.3. The molecule has 2 fully saturated rings. The van der Waals surface area contributed by atoms with Crippen molar-refractivity contribution < 1.29 is 9.47 Å². The molecule has 0 N–H and O–H groups in total. The van der Waals surface area contributed by atoms with Crippen molar-refractivity contribution in [3.8, 4) is 0 Å². The second kappa shape index (κ2) is 7.35. The van der Waals surface area contributed by atoms with Crippen LogP contribution in [-0.2, 0) is 16.5 Å². The van der Waals surface area contributed by atoms with Gasteiger partial charge in [0.05, 0.1) is 26.4 Å². The second-order valence-electron chi connectivity index (χ2n) is 6.10. The zero-order chi connectivity index (χ0) is 17.2. The van der Waals surface area contributed by atoms with Crippen molar-refractivity contribution in [3.05, 3.63) is 0 Å². The Labute approximate surface area is 151 Å². The number of thioether (sulfide) groups is 1. The van der Waals surface area contributed by atoms with Crippen molar-refractivity contribution in [2.75, 3.05) is 68.2 Å². The van der Waals surface area contributed by atoms with Gasteiger partial charge in [0, 0.05) is 33.2 Å². The Bertz CT molecular complexity index is 740. The number of fused-ring (bicyclic) bond motifs is 1. The van der Waals surface area contributed by atoms with Crippen LogP contribution in [-0.4, -0.2) is 77.9 Å². The van der Waals surface area contributed by atoms with Crippen molar-refractivity contribution in [1.29, 1.82) is 0 Å². The van der Waals surface area contributed by atoms with E-state index in [4.69, 9.17) is 24.4 Å². The summed E-state index contributed by atoms with van der Waals surface area (Å²) in [5, 5.41) is 0.795. The second-order valence-corrected chi connectivity index (χ2v) is 7.34. The maximum atomic E-state index is 5.51. The molecule has 0 unspecified atom stereocenters. The number of ether oxygens (including phenoxy) is 2. The van der Waals surface area contributed by atoms with E-state index in [0.29, 0.717) is 0 Å². The molecule has 2 aromatic rings. The molecule has 0 amide bonds. The molecule has 2 aromatic heterocycles. The predicted molar refractivity (Wildman–Crippen MR) is 98.8 cm³/mol. The lowest BCUT2D eigenvalue weighted by Crippen LogP contribution is -2.38. The molecule has 2 aliphatic heterocycles. The van der Waals surface area contributed by atoms with Crippen molar-refractivity contribution in [3.63, 3.8) is 0 Å². The standard InChI is InChI=1S/C16H24N6O2S/c1-3-25-15-17-13-12(14(19-15)21-4-8-23-9-5-21)20(2)16(18-13)22-6-10-24-11-7-22/h3-11H2,1-2H3. The molecule has 4 heterocycles. The number of hydrogen-bond acceptors (Lipinski definition) is 8. The molecule has 0 spiro atoms. The summed E-state index contributed by atoms with van der Waals surface area (Å²) < 4.78 is 13.1. The monoisotopic (exact) mass is 364 g/mol. The van der Waals surface area contributed by atoms with Crippen LogP contribution in [0.25, 0.3) is 11.2 Å². The van der Waals surface area contributed by atoms with Crippen molar-refractivity contribution >= 4 is 34.7 Å². The summed E-state index contributed by atoms with van der Waals surface area (Å²) in [5.41, 5.74) is 1.78. The SMILES string of the molecule is CCSc1nc(N2CCOCC2)c2c(n1)nc(N1CCOCC1)n2C. The fourth-order valence-electron chi connectivity index (χ4n) is 3.30. The Morgan fingerprint density at radius 3 is 2.20 bits per heavy atom. The first-order valence-corrected chi connectivity index (χ1v) is 9.79. The highest BCUT2D eigenvalue weighted by atomic mass is 32.2. The zero-order valence-electron chi connectivity index (χ0n) is 14.8. The zero-order valence-corrected chi connectivity index (χ0v) is 15.6. The van der Waals surface area contributed by atoms with Crippen LogP contribution in [0.5, 0.6) is 0 Å². The molecule has 2 saturated heterocycles. The van der Waals surface area contributed by atoms with Crippen LogP contribution < -0.4 is 9.80 Å². The van der Waals surface area contributed by atoms with Crippen LogP contribution in [0.1, 0.15) is 6.92 Å². The van der Waals surface area contributed by atoms with Crippen molar-refractivity contribution in [1.82, 2.24) is 19.5 Å². The summed E-state index contributed by atoms with van der Waals surface area (Å²) in [6.45, 7) is 8.46. The summed E-state index contributed by atoms with van der Waals surface area (Å²) in [4.78, 5) is 19.0. The lowest BCUT2D eigenvalue weighted by atomic mass is 10.3. The Morgan fingerprint density at radius 1 is 0.920 bits per heavy atom. The van der Waals surface area contributed by atoms with Gasteiger partial charge in [-0.2, -0.15) is 4.98 Å². The quantitative estimate of drug-likeness (QED) is 0.591. The number of anilines is 2. The van der Waals surface area contributed by atoms with Gasteiger partial charge in [0.15, 0.2) is 16.6 Å². The van der Waals surface area contributed by atoms with Crippen LogP contribution in [0.2, 0.25) is 0 Å². The van der Waals surface area contributed by atoms with Crippen LogP contribution in [0, 0.1) is 0 Å². The minimum atomic E-state index is 0.732. The Hall–Kier alpha value is -1.58. The summed E-state index contributed by atoms with van der Waals surface area (Å²) >= 11 is 1.66. The van der Waals surface area contributed by atoms with Crippen molar-refractivity contribution in [2.45, 2.75) is 12.1 Å². The third-order valence-corrected chi connectivity index (χ3v) is 5.28. The first kappa shape index (κ1) is 16.9. The number of imidazole rings is 1. The summed E-state index contributed by atoms with van der Waals surface area (Å²) in [6.07, 6.45) is 0. The van der Waals surface area contributed by atoms with Gasteiger partial charge in [-0.15, -0.1) is 0 Å². The largest absolute Gasteiger partial charge is 0.378 e. The molecule has 8 nitrogen and oxygen atoms in total. The van der Waals surface area contributed by atoms with E-state index < -0.39 is 0 Å². The van der Waals surface area contributed by atoms with Gasteiger partial charge in [-0.1, -0.05) is 18.7 Å². The third kappa shape index (κ3) is 3.28. The van der Waals surface area contributed by atoms with E-state index in [1.807, 2.05) is 0 Å². The van der Waals surface area contributed by atoms with Gasteiger partial charge in [0.25, 0.3) is 0 Å². The van der Waals surface area contributed by atoms with Gasteiger partial charge in [-0.3, -0.25) is 0 Å². The van der Waals surface area contributed by atoms with Crippen LogP contribution in [0.3, 0.4) is 0 Å². The number of aryl methyl sites for hydroxylation is 1. The highest BCUT2D eigenvalue weighted by Crippen LogP contribution is 2.30. The highest BCUT2D eigenvalue weighted by Gasteiger charge is 2.24. The molecule has 0 bridgehead atoms. The summed E-state index contributed by atoms with van der Waals surface area (Å²) in [6, 6.07) is 0. The number of morpholine rings is 2. The number of hydrogen-bond donors (Lipinski definition) is 0. The molecule has 136 valence electrons. The van der Waals surface area contributed by atoms with Gasteiger partial charge in [-0.25, -0.2) is 9.97 Å². The van der Waals surface area contributed by atoms with E-state index in [-0.39, 0.29) is 0 Å². The topological polar surface area (TPSA) is 68.5 Å². The van der Waals surface area contributed by atoms with Gasteiger partial charge >= 0.3 is 0 Å². The fraction of sp³-hybridized carbons (Fsp3) is 0.688. The lowest BCUT2D eigenvalue weighted by Gasteiger charge is -2.29. The van der Waals surface area contributed by atoms with E-state index in [1.165, 1.54) is 0 Å². The van der Waals surface area contributed by atoms with Gasteiger partial charge < -0.3 is 23.8 Å². The molecule has 9 heteroatoms. The van der Waals surface area contributed by atoms with Crippen LogP contribution in [0.4, 0.5) is 11.8 Å². The Kier molecular flexibility index (Phi) is 4.96.